The summed E-state index contributed by atoms with van der Waals surface area (Å²) in [5.41, 5.74) is 6.21. The molecule has 0 spiro atoms. The third kappa shape index (κ3) is 2.21. The quantitative estimate of drug-likeness (QED) is 0.842. The second-order valence-electron chi connectivity index (χ2n) is 2.79. The van der Waals surface area contributed by atoms with Crippen LogP contribution in [0.2, 0.25) is 14.4 Å². The van der Waals surface area contributed by atoms with Gasteiger partial charge in [0.2, 0.25) is 0 Å². The van der Waals surface area contributed by atoms with Gasteiger partial charge in [-0.05, 0) is 18.2 Å². The Kier molecular flexibility index (Phi) is 3.07. The van der Waals surface area contributed by atoms with E-state index in [1.54, 1.807) is 12.1 Å². The van der Waals surface area contributed by atoms with E-state index in [9.17, 15) is 0 Å². The number of nitrogen functional groups attached to an aromatic ring is 1. The van der Waals surface area contributed by atoms with E-state index in [1.165, 1.54) is 11.3 Å². The fourth-order valence-corrected chi connectivity index (χ4v) is 2.66. The zero-order valence-corrected chi connectivity index (χ0v) is 10.4. The molecular weight excluding hydrogens is 275 g/mol. The lowest BCUT2D eigenvalue weighted by atomic mass is 10.3. The van der Waals surface area contributed by atoms with Gasteiger partial charge >= 0.3 is 0 Å². The van der Waals surface area contributed by atoms with E-state index in [-0.39, 0.29) is 5.82 Å². The summed E-state index contributed by atoms with van der Waals surface area (Å²) in [5, 5.41) is 0.819. The Balaban J connectivity index is 2.58. The van der Waals surface area contributed by atoms with E-state index in [0.29, 0.717) is 20.1 Å². The van der Waals surface area contributed by atoms with E-state index < -0.39 is 0 Å². The molecule has 0 saturated carbocycles. The molecule has 0 radical (unpaired) electrons. The summed E-state index contributed by atoms with van der Waals surface area (Å²) >= 11 is 19.0. The zero-order valence-electron chi connectivity index (χ0n) is 7.30. The minimum Gasteiger partial charge on any atom is -0.382 e. The molecule has 0 bridgehead atoms. The molecule has 0 aromatic carbocycles. The maximum Gasteiger partial charge on any atom is 0.143 e. The van der Waals surface area contributed by atoms with Gasteiger partial charge in [0.1, 0.15) is 11.5 Å². The van der Waals surface area contributed by atoms with Crippen LogP contribution in [0.3, 0.4) is 0 Å². The average Bonchev–Trinajstić information content (AvgIpc) is 2.58. The highest BCUT2D eigenvalue weighted by atomic mass is 35.5. The molecule has 0 aliphatic heterocycles. The van der Waals surface area contributed by atoms with Crippen molar-refractivity contribution in [2.45, 2.75) is 0 Å². The van der Waals surface area contributed by atoms with Gasteiger partial charge in [-0.15, -0.1) is 11.3 Å². The number of hydrogen-bond donors (Lipinski definition) is 1. The molecule has 6 heteroatoms. The summed E-state index contributed by atoms with van der Waals surface area (Å²) in [4.78, 5) is 4.99. The summed E-state index contributed by atoms with van der Waals surface area (Å²) in [5.74, 6) is 0.264. The molecule has 2 heterocycles. The lowest BCUT2D eigenvalue weighted by molar-refractivity contribution is 1.35. The topological polar surface area (TPSA) is 38.9 Å². The van der Waals surface area contributed by atoms with Crippen LogP contribution in [-0.4, -0.2) is 4.98 Å². The van der Waals surface area contributed by atoms with Crippen LogP contribution >= 0.6 is 46.1 Å². The third-order valence-electron chi connectivity index (χ3n) is 1.76. The predicted octanol–water partition coefficient (Wildman–Crippen LogP) is 4.35. The summed E-state index contributed by atoms with van der Waals surface area (Å²) < 4.78 is 0.677. The molecular formula is C9H5Cl3N2S. The van der Waals surface area contributed by atoms with Gasteiger partial charge in [-0.1, -0.05) is 34.8 Å². The third-order valence-corrected chi connectivity index (χ3v) is 3.59. The average molecular weight is 280 g/mol. The molecule has 2 N–H and O–H groups in total. The van der Waals surface area contributed by atoms with Crippen LogP contribution in [0.15, 0.2) is 18.2 Å². The largest absolute Gasteiger partial charge is 0.382 e. The van der Waals surface area contributed by atoms with Crippen molar-refractivity contribution in [3.63, 3.8) is 0 Å². The van der Waals surface area contributed by atoms with Gasteiger partial charge in [-0.2, -0.15) is 0 Å². The van der Waals surface area contributed by atoms with E-state index in [2.05, 4.69) is 4.98 Å². The van der Waals surface area contributed by atoms with Crippen LogP contribution in [-0.2, 0) is 0 Å². The fourth-order valence-electron chi connectivity index (χ4n) is 1.10. The predicted molar refractivity (Wildman–Crippen MR) is 67.0 cm³/mol. The van der Waals surface area contributed by atoms with E-state index in [1.807, 2.05) is 6.07 Å². The van der Waals surface area contributed by atoms with Crippen molar-refractivity contribution < 1.29 is 0 Å². The molecule has 0 aliphatic rings. The van der Waals surface area contributed by atoms with Crippen LogP contribution in [0.5, 0.6) is 0 Å². The second kappa shape index (κ2) is 4.18. The first kappa shape index (κ1) is 11.0. The van der Waals surface area contributed by atoms with Crippen molar-refractivity contribution >= 4 is 52.0 Å². The SMILES string of the molecule is Nc1nc(-c2ccc(Cl)s2)c(Cl)cc1Cl. The van der Waals surface area contributed by atoms with E-state index in [0.717, 1.165) is 4.88 Å². The van der Waals surface area contributed by atoms with Gasteiger partial charge in [0.15, 0.2) is 0 Å². The highest BCUT2D eigenvalue weighted by Crippen LogP contribution is 2.36. The molecule has 15 heavy (non-hydrogen) atoms. The Morgan fingerprint density at radius 2 is 1.87 bits per heavy atom. The molecule has 0 amide bonds. The Bertz CT molecular complexity index is 510. The number of anilines is 1. The molecule has 2 aromatic rings. The van der Waals surface area contributed by atoms with Crippen molar-refractivity contribution in [2.75, 3.05) is 5.73 Å². The normalized spacial score (nSPS) is 10.6. The standard InChI is InChI=1S/C9H5Cl3N2S/c10-4-3-5(11)9(13)14-8(4)6-1-2-7(12)15-6/h1-3H,(H2,13,14). The number of aromatic nitrogens is 1. The lowest BCUT2D eigenvalue weighted by Crippen LogP contribution is -1.93. The maximum absolute atomic E-state index is 6.01. The Morgan fingerprint density at radius 3 is 2.47 bits per heavy atom. The van der Waals surface area contributed by atoms with Crippen molar-refractivity contribution in [1.82, 2.24) is 4.98 Å². The summed E-state index contributed by atoms with van der Waals surface area (Å²) in [6.07, 6.45) is 0. The molecule has 2 rings (SSSR count). The first-order valence-electron chi connectivity index (χ1n) is 3.95. The molecule has 0 fully saturated rings. The van der Waals surface area contributed by atoms with Crippen molar-refractivity contribution in [1.29, 1.82) is 0 Å². The van der Waals surface area contributed by atoms with E-state index in [4.69, 9.17) is 40.5 Å². The van der Waals surface area contributed by atoms with Crippen LogP contribution in [0.1, 0.15) is 0 Å². The summed E-state index contributed by atoms with van der Waals surface area (Å²) in [6.45, 7) is 0. The van der Waals surface area contributed by atoms with Gasteiger partial charge in [-0.25, -0.2) is 4.98 Å². The van der Waals surface area contributed by atoms with Gasteiger partial charge in [0, 0.05) is 0 Å². The fraction of sp³-hybridized carbons (Fsp3) is 0. The highest BCUT2D eigenvalue weighted by Gasteiger charge is 2.11. The molecule has 2 nitrogen and oxygen atoms in total. The molecule has 0 unspecified atom stereocenters. The maximum atomic E-state index is 6.01. The minimum absolute atomic E-state index is 0.264. The molecule has 0 saturated heterocycles. The van der Waals surface area contributed by atoms with Crippen LogP contribution < -0.4 is 5.73 Å². The Hall–Kier alpha value is -0.480. The smallest absolute Gasteiger partial charge is 0.143 e. The van der Waals surface area contributed by atoms with Gasteiger partial charge < -0.3 is 5.73 Å². The van der Waals surface area contributed by atoms with Gasteiger partial charge in [0.25, 0.3) is 0 Å². The van der Waals surface area contributed by atoms with Crippen LogP contribution in [0.25, 0.3) is 10.6 Å². The highest BCUT2D eigenvalue weighted by molar-refractivity contribution is 7.19. The number of pyridine rings is 1. The monoisotopic (exact) mass is 278 g/mol. The van der Waals surface area contributed by atoms with Crippen LogP contribution in [0, 0.1) is 0 Å². The minimum atomic E-state index is 0.264. The number of nitrogens with two attached hydrogens (primary N) is 1. The number of halogens is 3. The van der Waals surface area contributed by atoms with E-state index >= 15 is 0 Å². The first-order valence-corrected chi connectivity index (χ1v) is 5.90. The Labute approximate surface area is 106 Å². The number of rotatable bonds is 1. The van der Waals surface area contributed by atoms with Gasteiger partial charge in [0.05, 0.1) is 19.3 Å². The number of thiophene rings is 1. The summed E-state index contributed by atoms with van der Waals surface area (Å²) in [7, 11) is 0. The van der Waals surface area contributed by atoms with Crippen molar-refractivity contribution in [2.24, 2.45) is 0 Å². The lowest BCUT2D eigenvalue weighted by Gasteiger charge is -2.03. The van der Waals surface area contributed by atoms with Crippen LogP contribution in [0.4, 0.5) is 5.82 Å². The molecule has 78 valence electrons. The number of hydrogen-bond acceptors (Lipinski definition) is 3. The van der Waals surface area contributed by atoms with Crippen molar-refractivity contribution in [3.8, 4) is 10.6 Å². The molecule has 0 aliphatic carbocycles. The Morgan fingerprint density at radius 1 is 1.13 bits per heavy atom. The number of nitrogens with zero attached hydrogens (tertiary/aromatic N) is 1. The summed E-state index contributed by atoms with van der Waals surface area (Å²) in [6, 6.07) is 5.20. The first-order chi connectivity index (χ1) is 7.08. The second-order valence-corrected chi connectivity index (χ2v) is 5.32. The zero-order chi connectivity index (χ0) is 11.0. The van der Waals surface area contributed by atoms with Gasteiger partial charge in [-0.3, -0.25) is 0 Å². The molecule has 0 atom stereocenters. The van der Waals surface area contributed by atoms with Crippen molar-refractivity contribution in [3.05, 3.63) is 32.6 Å². The molecule has 2 aromatic heterocycles.